The minimum absolute atomic E-state index is 0.0821. The van der Waals surface area contributed by atoms with Gasteiger partial charge in [-0.3, -0.25) is 4.79 Å². The first-order valence-corrected chi connectivity index (χ1v) is 7.76. The molecule has 1 atom stereocenters. The highest BCUT2D eigenvalue weighted by Crippen LogP contribution is 2.30. The Morgan fingerprint density at radius 2 is 2.21 bits per heavy atom. The molecule has 1 aliphatic carbocycles. The van der Waals surface area contributed by atoms with Crippen LogP contribution in [0.1, 0.15) is 28.2 Å². The van der Waals surface area contributed by atoms with Crippen LogP contribution < -0.4 is 4.74 Å². The molecule has 0 bridgehead atoms. The molecule has 0 radical (unpaired) electrons. The van der Waals surface area contributed by atoms with Gasteiger partial charge in [0.25, 0.3) is 5.89 Å². The second-order valence-electron chi connectivity index (χ2n) is 5.59. The van der Waals surface area contributed by atoms with E-state index in [4.69, 9.17) is 9.15 Å². The molecule has 0 fully saturated rings. The molecule has 122 valence electrons. The molecule has 3 rings (SSSR count). The molecule has 0 saturated carbocycles. The molecule has 5 nitrogen and oxygen atoms in total. The number of Topliss-reactive ketones (excluding diaryl/α,β-unsaturated/α-hetero) is 1. The molecule has 0 saturated heterocycles. The number of hydrogen-bond acceptors (Lipinski definition) is 5. The van der Waals surface area contributed by atoms with E-state index in [9.17, 15) is 4.79 Å². The number of aryl methyl sites for hydroxylation is 1. The quantitative estimate of drug-likeness (QED) is 0.461. The fraction of sp³-hybridized carbons (Fsp3) is 0.211. The van der Waals surface area contributed by atoms with Gasteiger partial charge in [-0.1, -0.05) is 25.3 Å². The molecule has 1 unspecified atom stereocenters. The minimum atomic E-state index is -0.117. The molecular weight excluding hydrogens is 304 g/mol. The Bertz CT molecular complexity index is 791. The number of allylic oxidation sites excluding steroid dienone is 3. The fourth-order valence-corrected chi connectivity index (χ4v) is 2.87. The maximum absolute atomic E-state index is 12.3. The number of aromatic nitrogens is 2. The molecule has 0 aliphatic heterocycles. The smallest absolute Gasteiger partial charge is 0.284 e. The summed E-state index contributed by atoms with van der Waals surface area (Å²) < 4.78 is 10.8. The maximum Gasteiger partial charge on any atom is 0.284 e. The SMILES string of the molecule is C=C/C=C(\C=C)Oc1ccc2c(c1)CCC(C(=O)c1nnco1)C2. The minimum Gasteiger partial charge on any atom is -0.457 e. The molecule has 1 aromatic heterocycles. The Kier molecular flexibility index (Phi) is 4.70. The summed E-state index contributed by atoms with van der Waals surface area (Å²) in [5, 5.41) is 7.28. The summed E-state index contributed by atoms with van der Waals surface area (Å²) in [6.07, 6.45) is 8.48. The molecule has 0 spiro atoms. The summed E-state index contributed by atoms with van der Waals surface area (Å²) >= 11 is 0. The Labute approximate surface area is 140 Å². The highest BCUT2D eigenvalue weighted by Gasteiger charge is 2.28. The zero-order valence-corrected chi connectivity index (χ0v) is 13.3. The largest absolute Gasteiger partial charge is 0.457 e. The van der Waals surface area contributed by atoms with Crippen LogP contribution in [-0.2, 0) is 12.8 Å². The van der Waals surface area contributed by atoms with Crippen LogP contribution in [0.2, 0.25) is 0 Å². The van der Waals surface area contributed by atoms with Crippen LogP contribution in [0.25, 0.3) is 0 Å². The molecule has 5 heteroatoms. The second kappa shape index (κ2) is 7.08. The summed E-state index contributed by atoms with van der Waals surface area (Å²) in [5.41, 5.74) is 2.35. The van der Waals surface area contributed by atoms with E-state index < -0.39 is 0 Å². The van der Waals surface area contributed by atoms with Crippen LogP contribution in [0.5, 0.6) is 5.75 Å². The van der Waals surface area contributed by atoms with Gasteiger partial charge < -0.3 is 9.15 Å². The summed E-state index contributed by atoms with van der Waals surface area (Å²) in [4.78, 5) is 12.3. The van der Waals surface area contributed by atoms with E-state index in [-0.39, 0.29) is 17.6 Å². The number of ketones is 1. The van der Waals surface area contributed by atoms with Gasteiger partial charge in [0.05, 0.1) is 0 Å². The number of fused-ring (bicyclic) bond motifs is 1. The van der Waals surface area contributed by atoms with Crippen molar-refractivity contribution in [3.05, 3.63) is 78.8 Å². The monoisotopic (exact) mass is 322 g/mol. The van der Waals surface area contributed by atoms with Gasteiger partial charge in [-0.2, -0.15) is 0 Å². The molecule has 24 heavy (non-hydrogen) atoms. The van der Waals surface area contributed by atoms with Crippen molar-refractivity contribution in [3.63, 3.8) is 0 Å². The van der Waals surface area contributed by atoms with Gasteiger partial charge in [0.2, 0.25) is 12.2 Å². The number of carbonyl (C=O) groups excluding carboxylic acids is 1. The van der Waals surface area contributed by atoms with Crippen molar-refractivity contribution in [1.29, 1.82) is 0 Å². The van der Waals surface area contributed by atoms with Gasteiger partial charge in [0, 0.05) is 5.92 Å². The number of rotatable bonds is 6. The van der Waals surface area contributed by atoms with Crippen molar-refractivity contribution in [2.24, 2.45) is 5.92 Å². The second-order valence-corrected chi connectivity index (χ2v) is 5.59. The highest BCUT2D eigenvalue weighted by molar-refractivity contribution is 5.93. The number of hydrogen-bond donors (Lipinski definition) is 0. The summed E-state index contributed by atoms with van der Waals surface area (Å²) in [7, 11) is 0. The Hall–Kier alpha value is -2.95. The lowest BCUT2D eigenvalue weighted by Gasteiger charge is -2.23. The van der Waals surface area contributed by atoms with E-state index >= 15 is 0 Å². The summed E-state index contributed by atoms with van der Waals surface area (Å²) in [5.74, 6) is 1.29. The lowest BCUT2D eigenvalue weighted by Crippen LogP contribution is -2.23. The molecule has 1 aromatic carbocycles. The molecule has 0 N–H and O–H groups in total. The van der Waals surface area contributed by atoms with Crippen molar-refractivity contribution < 1.29 is 13.9 Å². The molecule has 0 amide bonds. The lowest BCUT2D eigenvalue weighted by molar-refractivity contribution is 0.0872. The summed E-state index contributed by atoms with van der Waals surface area (Å²) in [6.45, 7) is 7.37. The maximum atomic E-state index is 12.3. The van der Waals surface area contributed by atoms with Gasteiger partial charge in [-0.15, -0.1) is 10.2 Å². The average Bonchev–Trinajstić information content (AvgIpc) is 3.15. The van der Waals surface area contributed by atoms with E-state index in [1.165, 1.54) is 12.0 Å². The third-order valence-corrected chi connectivity index (χ3v) is 4.07. The van der Waals surface area contributed by atoms with Crippen LogP contribution >= 0.6 is 0 Å². The van der Waals surface area contributed by atoms with Gasteiger partial charge in [0.15, 0.2) is 0 Å². The normalized spacial score (nSPS) is 17.0. The van der Waals surface area contributed by atoms with Crippen LogP contribution in [0.4, 0.5) is 0 Å². The molecule has 1 aliphatic rings. The molecular formula is C19H18N2O3. The first kappa shape index (κ1) is 15.9. The first-order chi connectivity index (χ1) is 11.7. The fourth-order valence-electron chi connectivity index (χ4n) is 2.87. The number of carbonyl (C=O) groups is 1. The van der Waals surface area contributed by atoms with Gasteiger partial charge in [0.1, 0.15) is 11.5 Å². The van der Waals surface area contributed by atoms with Gasteiger partial charge in [-0.25, -0.2) is 0 Å². The predicted molar refractivity (Wildman–Crippen MR) is 89.7 cm³/mol. The zero-order chi connectivity index (χ0) is 16.9. The van der Waals surface area contributed by atoms with Gasteiger partial charge >= 0.3 is 0 Å². The van der Waals surface area contributed by atoms with Crippen LogP contribution in [0, 0.1) is 5.92 Å². The van der Waals surface area contributed by atoms with Crippen molar-refractivity contribution in [1.82, 2.24) is 10.2 Å². The standard InChI is InChI=1S/C19H18N2O3/c1-3-5-16(4-2)24-17-9-8-13-10-15(7-6-14(13)11-17)18(22)19-21-20-12-23-19/h3-5,8-9,11-12,15H,1-2,6-7,10H2/b16-5+. The van der Waals surface area contributed by atoms with Crippen molar-refractivity contribution in [2.75, 3.05) is 0 Å². The first-order valence-electron chi connectivity index (χ1n) is 7.76. The van der Waals surface area contributed by atoms with E-state index in [1.54, 1.807) is 18.2 Å². The number of ether oxygens (including phenoxy) is 1. The van der Waals surface area contributed by atoms with Crippen molar-refractivity contribution in [3.8, 4) is 5.75 Å². The van der Waals surface area contributed by atoms with Crippen LogP contribution in [-0.4, -0.2) is 16.0 Å². The van der Waals surface area contributed by atoms with E-state index in [0.29, 0.717) is 12.2 Å². The molecule has 2 aromatic rings. The number of benzene rings is 1. The highest BCUT2D eigenvalue weighted by atomic mass is 16.5. The summed E-state index contributed by atoms with van der Waals surface area (Å²) in [6, 6.07) is 5.93. The van der Waals surface area contributed by atoms with Gasteiger partial charge in [-0.05, 0) is 54.7 Å². The average molecular weight is 322 g/mol. The van der Waals surface area contributed by atoms with E-state index in [1.807, 2.05) is 18.2 Å². The number of nitrogens with zero attached hydrogens (tertiary/aromatic N) is 2. The third kappa shape index (κ3) is 3.35. The Morgan fingerprint density at radius 1 is 1.33 bits per heavy atom. The third-order valence-electron chi connectivity index (χ3n) is 4.07. The van der Waals surface area contributed by atoms with E-state index in [2.05, 4.69) is 23.4 Å². The Balaban J connectivity index is 1.74. The predicted octanol–water partition coefficient (Wildman–Crippen LogP) is 3.69. The van der Waals surface area contributed by atoms with Crippen molar-refractivity contribution >= 4 is 5.78 Å². The van der Waals surface area contributed by atoms with Crippen molar-refractivity contribution in [2.45, 2.75) is 19.3 Å². The Morgan fingerprint density at radius 3 is 2.92 bits per heavy atom. The lowest BCUT2D eigenvalue weighted by atomic mass is 9.81. The topological polar surface area (TPSA) is 65.2 Å². The molecule has 1 heterocycles. The van der Waals surface area contributed by atoms with E-state index in [0.717, 1.165) is 24.2 Å². The zero-order valence-electron chi connectivity index (χ0n) is 13.3. The van der Waals surface area contributed by atoms with Crippen LogP contribution in [0.15, 0.2) is 66.2 Å². The van der Waals surface area contributed by atoms with Crippen LogP contribution in [0.3, 0.4) is 0 Å².